The van der Waals surface area contributed by atoms with Gasteiger partial charge in [0.05, 0.1) is 0 Å². The van der Waals surface area contributed by atoms with Crippen LogP contribution in [-0.4, -0.2) is 22.3 Å². The van der Waals surface area contributed by atoms with E-state index >= 15 is 0 Å². The van der Waals surface area contributed by atoms with Crippen molar-refractivity contribution in [3.05, 3.63) is 40.3 Å². The minimum atomic E-state index is -0.821. The Morgan fingerprint density at radius 2 is 2.41 bits per heavy atom. The van der Waals surface area contributed by atoms with Gasteiger partial charge in [0.25, 0.3) is 0 Å². The van der Waals surface area contributed by atoms with E-state index in [4.69, 9.17) is 5.73 Å². The Bertz CT molecular complexity index is 443. The smallest absolute Gasteiger partial charge is 0.110 e. The van der Waals surface area contributed by atoms with Gasteiger partial charge in [-0.2, -0.15) is 0 Å². The van der Waals surface area contributed by atoms with Crippen LogP contribution in [0.3, 0.4) is 0 Å². The molecule has 0 saturated carbocycles. The molecule has 0 radical (unpaired) electrons. The Balaban J connectivity index is 3.08. The lowest BCUT2D eigenvalue weighted by atomic mass is 10.0. The van der Waals surface area contributed by atoms with Crippen molar-refractivity contribution in [2.45, 2.75) is 20.0 Å². The Hall–Kier alpha value is -1.20. The third-order valence-electron chi connectivity index (χ3n) is 2.38. The highest BCUT2D eigenvalue weighted by atomic mass is 79.9. The second-order valence-corrected chi connectivity index (χ2v) is 4.34. The SMILES string of the molecule is CCN=C(C)C(=CN)C(O)c1cnccc1Br. The van der Waals surface area contributed by atoms with Crippen molar-refractivity contribution in [3.8, 4) is 0 Å². The van der Waals surface area contributed by atoms with Crippen LogP contribution in [0.25, 0.3) is 0 Å². The van der Waals surface area contributed by atoms with Crippen LogP contribution in [0.1, 0.15) is 25.5 Å². The molecule has 1 unspecified atom stereocenters. The number of aliphatic hydroxyl groups is 1. The predicted octanol–water partition coefficient (Wildman–Crippen LogP) is 2.20. The number of nitrogens with two attached hydrogens (primary N) is 1. The van der Waals surface area contributed by atoms with Gasteiger partial charge in [0, 0.05) is 46.5 Å². The number of hydrogen-bond donors (Lipinski definition) is 2. The van der Waals surface area contributed by atoms with Crippen LogP contribution < -0.4 is 5.73 Å². The van der Waals surface area contributed by atoms with E-state index in [0.29, 0.717) is 17.7 Å². The molecule has 1 aromatic rings. The van der Waals surface area contributed by atoms with Crippen LogP contribution in [0.5, 0.6) is 0 Å². The van der Waals surface area contributed by atoms with Crippen LogP contribution in [0.15, 0.2) is 39.7 Å². The summed E-state index contributed by atoms with van der Waals surface area (Å²) in [6.07, 6.45) is 3.83. The maximum atomic E-state index is 10.3. The normalized spacial score (nSPS) is 14.8. The molecule has 0 aromatic carbocycles. The summed E-state index contributed by atoms with van der Waals surface area (Å²) < 4.78 is 0.795. The highest BCUT2D eigenvalue weighted by molar-refractivity contribution is 9.10. The molecule has 3 N–H and O–H groups in total. The number of rotatable bonds is 4. The number of halogens is 1. The van der Waals surface area contributed by atoms with E-state index in [1.165, 1.54) is 6.20 Å². The predicted molar refractivity (Wildman–Crippen MR) is 72.8 cm³/mol. The molecule has 92 valence electrons. The fraction of sp³-hybridized carbons (Fsp3) is 0.333. The van der Waals surface area contributed by atoms with E-state index in [0.717, 1.165) is 10.2 Å². The first-order valence-corrected chi connectivity index (χ1v) is 6.11. The fourth-order valence-electron chi connectivity index (χ4n) is 1.50. The lowest BCUT2D eigenvalue weighted by Crippen LogP contribution is -2.12. The first-order valence-electron chi connectivity index (χ1n) is 5.32. The molecule has 0 spiro atoms. The van der Waals surface area contributed by atoms with Crippen molar-refractivity contribution < 1.29 is 5.11 Å². The molecule has 5 heteroatoms. The average molecular weight is 298 g/mol. The molecule has 0 aliphatic rings. The first-order chi connectivity index (χ1) is 8.11. The quantitative estimate of drug-likeness (QED) is 0.837. The Kier molecular flexibility index (Phi) is 5.31. The Morgan fingerprint density at radius 3 is 2.94 bits per heavy atom. The Labute approximate surface area is 109 Å². The maximum absolute atomic E-state index is 10.3. The highest BCUT2D eigenvalue weighted by Gasteiger charge is 2.18. The molecule has 0 amide bonds. The lowest BCUT2D eigenvalue weighted by molar-refractivity contribution is 0.220. The topological polar surface area (TPSA) is 71.5 Å². The molecule has 0 aliphatic carbocycles. The van der Waals surface area contributed by atoms with Gasteiger partial charge < -0.3 is 10.8 Å². The van der Waals surface area contributed by atoms with E-state index in [1.54, 1.807) is 18.5 Å². The molecule has 0 bridgehead atoms. The van der Waals surface area contributed by atoms with E-state index in [-0.39, 0.29) is 0 Å². The van der Waals surface area contributed by atoms with Crippen molar-refractivity contribution in [3.63, 3.8) is 0 Å². The number of nitrogens with zero attached hydrogens (tertiary/aromatic N) is 2. The number of aliphatic imine (C=N–C) groups is 1. The van der Waals surface area contributed by atoms with Gasteiger partial charge in [-0.1, -0.05) is 15.9 Å². The fourth-order valence-corrected chi connectivity index (χ4v) is 1.93. The number of hydrogen-bond acceptors (Lipinski definition) is 4. The summed E-state index contributed by atoms with van der Waals surface area (Å²) in [6.45, 7) is 4.42. The summed E-state index contributed by atoms with van der Waals surface area (Å²) in [5.74, 6) is 0. The number of aliphatic hydroxyl groups excluding tert-OH is 1. The Morgan fingerprint density at radius 1 is 1.71 bits per heavy atom. The van der Waals surface area contributed by atoms with Crippen molar-refractivity contribution >= 4 is 21.6 Å². The molecule has 1 heterocycles. The van der Waals surface area contributed by atoms with Crippen molar-refractivity contribution in [1.82, 2.24) is 4.98 Å². The van der Waals surface area contributed by atoms with Gasteiger partial charge in [-0.15, -0.1) is 0 Å². The van der Waals surface area contributed by atoms with Crippen LogP contribution in [0, 0.1) is 0 Å². The van der Waals surface area contributed by atoms with E-state index in [9.17, 15) is 5.11 Å². The second-order valence-electron chi connectivity index (χ2n) is 3.48. The van der Waals surface area contributed by atoms with E-state index < -0.39 is 6.10 Å². The number of aromatic nitrogens is 1. The molecule has 0 saturated heterocycles. The molecule has 0 aliphatic heterocycles. The summed E-state index contributed by atoms with van der Waals surface area (Å²) in [4.78, 5) is 8.24. The van der Waals surface area contributed by atoms with Gasteiger partial charge in [0.1, 0.15) is 6.10 Å². The summed E-state index contributed by atoms with van der Waals surface area (Å²) in [6, 6.07) is 1.78. The summed E-state index contributed by atoms with van der Waals surface area (Å²) in [7, 11) is 0. The molecular formula is C12H16BrN3O. The minimum Gasteiger partial charge on any atom is -0.404 e. The van der Waals surface area contributed by atoms with E-state index in [1.807, 2.05) is 13.8 Å². The van der Waals surface area contributed by atoms with Crippen molar-refractivity contribution in [1.29, 1.82) is 0 Å². The number of pyridine rings is 1. The van der Waals surface area contributed by atoms with Crippen LogP contribution in [-0.2, 0) is 0 Å². The molecule has 1 rings (SSSR count). The molecule has 4 nitrogen and oxygen atoms in total. The van der Waals surface area contributed by atoms with Crippen LogP contribution >= 0.6 is 15.9 Å². The largest absolute Gasteiger partial charge is 0.404 e. The average Bonchev–Trinajstić information content (AvgIpc) is 2.30. The molecule has 0 fully saturated rings. The molecule has 1 aromatic heterocycles. The van der Waals surface area contributed by atoms with Crippen LogP contribution in [0.4, 0.5) is 0 Å². The first kappa shape index (κ1) is 13.9. The molecule has 17 heavy (non-hydrogen) atoms. The summed E-state index contributed by atoms with van der Waals surface area (Å²) in [5.41, 5.74) is 7.56. The van der Waals surface area contributed by atoms with Gasteiger partial charge in [0.2, 0.25) is 0 Å². The third kappa shape index (κ3) is 3.38. The maximum Gasteiger partial charge on any atom is 0.110 e. The molecular weight excluding hydrogens is 282 g/mol. The zero-order valence-electron chi connectivity index (χ0n) is 9.89. The van der Waals surface area contributed by atoms with Gasteiger partial charge in [-0.05, 0) is 19.9 Å². The monoisotopic (exact) mass is 297 g/mol. The van der Waals surface area contributed by atoms with Crippen molar-refractivity contribution in [2.24, 2.45) is 10.7 Å². The highest BCUT2D eigenvalue weighted by Crippen LogP contribution is 2.27. The van der Waals surface area contributed by atoms with Crippen LogP contribution in [0.2, 0.25) is 0 Å². The van der Waals surface area contributed by atoms with Gasteiger partial charge in [-0.3, -0.25) is 9.98 Å². The van der Waals surface area contributed by atoms with Gasteiger partial charge in [-0.25, -0.2) is 0 Å². The van der Waals surface area contributed by atoms with E-state index in [2.05, 4.69) is 25.9 Å². The standard InChI is InChI=1S/C12H16BrN3O/c1-3-16-8(2)9(6-14)12(17)10-7-15-5-4-11(10)13/h4-7,12,17H,3,14H2,1-2H3. The van der Waals surface area contributed by atoms with Crippen molar-refractivity contribution in [2.75, 3.05) is 6.54 Å². The minimum absolute atomic E-state index is 0.598. The second kappa shape index (κ2) is 6.51. The van der Waals surface area contributed by atoms with Gasteiger partial charge in [0.15, 0.2) is 0 Å². The molecule has 1 atom stereocenters. The summed E-state index contributed by atoms with van der Waals surface area (Å²) in [5, 5.41) is 10.3. The zero-order valence-corrected chi connectivity index (χ0v) is 11.5. The zero-order chi connectivity index (χ0) is 12.8. The lowest BCUT2D eigenvalue weighted by Gasteiger charge is -2.15. The van der Waals surface area contributed by atoms with Gasteiger partial charge >= 0.3 is 0 Å². The summed E-state index contributed by atoms with van der Waals surface area (Å²) >= 11 is 3.37. The third-order valence-corrected chi connectivity index (χ3v) is 3.10.